The molecule has 0 aliphatic heterocycles. The molecule has 120 valence electrons. The fourth-order valence-electron chi connectivity index (χ4n) is 2.10. The highest BCUT2D eigenvalue weighted by Gasteiger charge is 2.21. The molecule has 2 rings (SSSR count). The molecule has 0 aliphatic carbocycles. The van der Waals surface area contributed by atoms with E-state index >= 15 is 0 Å². The first-order valence-electron chi connectivity index (χ1n) is 6.95. The number of hydrogen-bond acceptors (Lipinski definition) is 2. The first kappa shape index (κ1) is 17.3. The van der Waals surface area contributed by atoms with Gasteiger partial charge in [0.05, 0.1) is 15.7 Å². The average Bonchev–Trinajstić information content (AvgIpc) is 2.55. The molecule has 0 heterocycles. The van der Waals surface area contributed by atoms with Gasteiger partial charge in [-0.3, -0.25) is 9.59 Å². The molecule has 2 amide bonds. The van der Waals surface area contributed by atoms with Gasteiger partial charge < -0.3 is 9.80 Å². The molecule has 0 bridgehead atoms. The van der Waals surface area contributed by atoms with Gasteiger partial charge in [-0.2, -0.15) is 0 Å². The minimum absolute atomic E-state index is 0.124. The van der Waals surface area contributed by atoms with Crippen molar-refractivity contribution in [3.8, 4) is 0 Å². The fraction of sp³-hybridized carbons (Fsp3) is 0.176. The fourth-order valence-corrected chi connectivity index (χ4v) is 2.50. The maximum absolute atomic E-state index is 12.5. The zero-order chi connectivity index (χ0) is 17.0. The second-order valence-corrected chi connectivity index (χ2v) is 5.75. The van der Waals surface area contributed by atoms with Crippen molar-refractivity contribution in [3.05, 3.63) is 58.6 Å². The van der Waals surface area contributed by atoms with Crippen LogP contribution in [0.4, 0.5) is 11.4 Å². The number of halogens is 2. The van der Waals surface area contributed by atoms with Gasteiger partial charge in [0.25, 0.3) is 0 Å². The highest BCUT2D eigenvalue weighted by atomic mass is 35.5. The van der Waals surface area contributed by atoms with E-state index in [1.165, 1.54) is 16.7 Å². The van der Waals surface area contributed by atoms with Gasteiger partial charge in [-0.05, 0) is 24.3 Å². The summed E-state index contributed by atoms with van der Waals surface area (Å²) in [6, 6.07) is 14.2. The number of benzene rings is 2. The van der Waals surface area contributed by atoms with Crippen LogP contribution >= 0.6 is 23.2 Å². The molecular formula is C17H16Cl2N2O2. The summed E-state index contributed by atoms with van der Waals surface area (Å²) < 4.78 is 0. The Labute approximate surface area is 145 Å². The summed E-state index contributed by atoms with van der Waals surface area (Å²) in [5, 5.41) is 0.582. The largest absolute Gasteiger partial charge is 0.314 e. The molecule has 0 saturated carbocycles. The number of likely N-dealkylation sites (N-methyl/N-ethyl adjacent to an activating group) is 1. The second kappa shape index (κ2) is 7.49. The summed E-state index contributed by atoms with van der Waals surface area (Å²) in [5.41, 5.74) is 1.17. The SMILES string of the molecule is CC(=O)N(CC(=O)N(C)c1ccccc1)c1cccc(Cl)c1Cl. The van der Waals surface area contributed by atoms with Crippen LogP contribution in [0, 0.1) is 0 Å². The van der Waals surface area contributed by atoms with E-state index < -0.39 is 0 Å². The first-order chi connectivity index (χ1) is 10.9. The van der Waals surface area contributed by atoms with Crippen LogP contribution in [0.2, 0.25) is 10.0 Å². The van der Waals surface area contributed by atoms with E-state index in [0.717, 1.165) is 5.69 Å². The lowest BCUT2D eigenvalue weighted by atomic mass is 10.2. The molecule has 0 unspecified atom stereocenters. The van der Waals surface area contributed by atoms with Gasteiger partial charge in [-0.15, -0.1) is 0 Å². The Kier molecular flexibility index (Phi) is 5.64. The zero-order valence-electron chi connectivity index (χ0n) is 12.8. The van der Waals surface area contributed by atoms with Crippen molar-refractivity contribution in [2.75, 3.05) is 23.4 Å². The molecule has 0 saturated heterocycles. The number of anilines is 2. The van der Waals surface area contributed by atoms with Crippen molar-refractivity contribution >= 4 is 46.4 Å². The molecule has 0 atom stereocenters. The molecule has 0 fully saturated rings. The van der Waals surface area contributed by atoms with Crippen LogP contribution in [-0.2, 0) is 9.59 Å². The van der Waals surface area contributed by atoms with Crippen molar-refractivity contribution in [2.45, 2.75) is 6.92 Å². The number of amides is 2. The Balaban J connectivity index is 2.25. The summed E-state index contributed by atoms with van der Waals surface area (Å²) in [6.45, 7) is 1.26. The lowest BCUT2D eigenvalue weighted by molar-refractivity contribution is -0.121. The number of rotatable bonds is 4. The van der Waals surface area contributed by atoms with Gasteiger partial charge in [-0.25, -0.2) is 0 Å². The predicted octanol–water partition coefficient (Wildman–Crippen LogP) is 4.01. The number of carbonyl (C=O) groups excluding carboxylic acids is 2. The Morgan fingerprint density at radius 2 is 1.65 bits per heavy atom. The van der Waals surface area contributed by atoms with E-state index in [-0.39, 0.29) is 23.4 Å². The first-order valence-corrected chi connectivity index (χ1v) is 7.71. The lowest BCUT2D eigenvalue weighted by Crippen LogP contribution is -2.41. The van der Waals surface area contributed by atoms with Gasteiger partial charge in [0, 0.05) is 19.7 Å². The van der Waals surface area contributed by atoms with E-state index in [1.54, 1.807) is 25.2 Å². The van der Waals surface area contributed by atoms with E-state index in [4.69, 9.17) is 23.2 Å². The molecule has 4 nitrogen and oxygen atoms in total. The molecular weight excluding hydrogens is 335 g/mol. The molecule has 6 heteroatoms. The van der Waals surface area contributed by atoms with Crippen LogP contribution in [-0.4, -0.2) is 25.4 Å². The summed E-state index contributed by atoms with van der Waals surface area (Å²) >= 11 is 12.2. The number of carbonyl (C=O) groups is 2. The maximum Gasteiger partial charge on any atom is 0.246 e. The lowest BCUT2D eigenvalue weighted by Gasteiger charge is -2.25. The third-order valence-electron chi connectivity index (χ3n) is 3.41. The molecule has 0 spiro atoms. The van der Waals surface area contributed by atoms with Gasteiger partial charge in [-0.1, -0.05) is 47.5 Å². The molecule has 2 aromatic carbocycles. The molecule has 2 aromatic rings. The standard InChI is InChI=1S/C17H16Cl2N2O2/c1-12(22)21(15-10-6-9-14(18)17(15)19)11-16(23)20(2)13-7-4-3-5-8-13/h3-10H,11H2,1-2H3. The van der Waals surface area contributed by atoms with Crippen LogP contribution in [0.3, 0.4) is 0 Å². The Hall–Kier alpha value is -2.04. The van der Waals surface area contributed by atoms with Crippen LogP contribution in [0.25, 0.3) is 0 Å². The Morgan fingerprint density at radius 3 is 2.26 bits per heavy atom. The second-order valence-electron chi connectivity index (χ2n) is 4.97. The number of nitrogens with zero attached hydrogens (tertiary/aromatic N) is 2. The topological polar surface area (TPSA) is 40.6 Å². The van der Waals surface area contributed by atoms with Crippen molar-refractivity contribution in [1.82, 2.24) is 0 Å². The minimum Gasteiger partial charge on any atom is -0.314 e. The molecule has 0 aliphatic rings. The van der Waals surface area contributed by atoms with Crippen LogP contribution in [0.1, 0.15) is 6.92 Å². The van der Waals surface area contributed by atoms with Crippen LogP contribution in [0.5, 0.6) is 0 Å². The van der Waals surface area contributed by atoms with Gasteiger partial charge in [0.2, 0.25) is 11.8 Å². The summed E-state index contributed by atoms with van der Waals surface area (Å²) in [5.74, 6) is -0.522. The smallest absolute Gasteiger partial charge is 0.246 e. The van der Waals surface area contributed by atoms with Crippen LogP contribution in [0.15, 0.2) is 48.5 Å². The number of hydrogen-bond donors (Lipinski definition) is 0. The minimum atomic E-state index is -0.288. The van der Waals surface area contributed by atoms with E-state index in [0.29, 0.717) is 10.7 Å². The summed E-state index contributed by atoms with van der Waals surface area (Å²) in [4.78, 5) is 27.2. The highest BCUT2D eigenvalue weighted by Crippen LogP contribution is 2.32. The van der Waals surface area contributed by atoms with E-state index in [1.807, 2.05) is 30.3 Å². The van der Waals surface area contributed by atoms with Gasteiger partial charge in [0.15, 0.2) is 0 Å². The van der Waals surface area contributed by atoms with Crippen molar-refractivity contribution in [1.29, 1.82) is 0 Å². The summed E-state index contributed by atoms with van der Waals surface area (Å²) in [7, 11) is 1.66. The third-order valence-corrected chi connectivity index (χ3v) is 4.22. The zero-order valence-corrected chi connectivity index (χ0v) is 14.3. The van der Waals surface area contributed by atoms with Crippen molar-refractivity contribution in [3.63, 3.8) is 0 Å². The molecule has 0 radical (unpaired) electrons. The Bertz CT molecular complexity index is 720. The summed E-state index contributed by atoms with van der Waals surface area (Å²) in [6.07, 6.45) is 0. The van der Waals surface area contributed by atoms with E-state index in [2.05, 4.69) is 0 Å². The van der Waals surface area contributed by atoms with Crippen molar-refractivity contribution < 1.29 is 9.59 Å². The average molecular weight is 351 g/mol. The predicted molar refractivity (Wildman–Crippen MR) is 94.3 cm³/mol. The van der Waals surface area contributed by atoms with Crippen LogP contribution < -0.4 is 9.80 Å². The van der Waals surface area contributed by atoms with Crippen molar-refractivity contribution in [2.24, 2.45) is 0 Å². The highest BCUT2D eigenvalue weighted by molar-refractivity contribution is 6.44. The van der Waals surface area contributed by atoms with E-state index in [9.17, 15) is 9.59 Å². The third kappa shape index (κ3) is 4.03. The monoisotopic (exact) mass is 350 g/mol. The molecule has 23 heavy (non-hydrogen) atoms. The Morgan fingerprint density at radius 1 is 1.00 bits per heavy atom. The maximum atomic E-state index is 12.5. The van der Waals surface area contributed by atoms with Gasteiger partial charge >= 0.3 is 0 Å². The number of para-hydroxylation sites is 1. The quantitative estimate of drug-likeness (QED) is 0.835. The molecule has 0 N–H and O–H groups in total. The molecule has 0 aromatic heterocycles. The van der Waals surface area contributed by atoms with Gasteiger partial charge in [0.1, 0.15) is 6.54 Å². The normalized spacial score (nSPS) is 10.3.